The third kappa shape index (κ3) is 2.44. The van der Waals surface area contributed by atoms with E-state index < -0.39 is 0 Å². The quantitative estimate of drug-likeness (QED) is 0.862. The van der Waals surface area contributed by atoms with E-state index in [2.05, 4.69) is 11.4 Å². The lowest BCUT2D eigenvalue weighted by molar-refractivity contribution is 0.188. The highest BCUT2D eigenvalue weighted by atomic mass is 16.5. The lowest BCUT2D eigenvalue weighted by Gasteiger charge is -2.16. The lowest BCUT2D eigenvalue weighted by Crippen LogP contribution is -2.19. The molecule has 1 aliphatic rings. The monoisotopic (exact) mass is 231 g/mol. The molecule has 0 bridgehead atoms. The van der Waals surface area contributed by atoms with Crippen molar-refractivity contribution in [2.75, 3.05) is 13.1 Å². The predicted octanol–water partition coefficient (Wildman–Crippen LogP) is 2.95. The van der Waals surface area contributed by atoms with E-state index in [4.69, 9.17) is 9.15 Å². The molecule has 3 heteroatoms. The number of hydrogen-bond acceptors (Lipinski definition) is 3. The summed E-state index contributed by atoms with van der Waals surface area (Å²) in [4.78, 5) is 0. The topological polar surface area (TPSA) is 34.4 Å². The normalized spacial score (nSPS) is 21.3. The van der Waals surface area contributed by atoms with Gasteiger partial charge >= 0.3 is 0 Å². The molecule has 0 spiro atoms. The van der Waals surface area contributed by atoms with Gasteiger partial charge in [-0.25, -0.2) is 0 Å². The first-order valence-electron chi connectivity index (χ1n) is 6.26. The van der Waals surface area contributed by atoms with Crippen LogP contribution in [-0.4, -0.2) is 19.2 Å². The largest absolute Gasteiger partial charge is 0.490 e. The van der Waals surface area contributed by atoms with E-state index in [0.717, 1.165) is 42.6 Å². The van der Waals surface area contributed by atoms with E-state index in [1.165, 1.54) is 6.42 Å². The van der Waals surface area contributed by atoms with Gasteiger partial charge in [0, 0.05) is 5.39 Å². The van der Waals surface area contributed by atoms with Crippen LogP contribution < -0.4 is 10.1 Å². The molecule has 1 N–H and O–H groups in total. The zero-order valence-corrected chi connectivity index (χ0v) is 9.82. The maximum Gasteiger partial charge on any atom is 0.134 e. The van der Waals surface area contributed by atoms with Crippen LogP contribution in [0.2, 0.25) is 0 Å². The van der Waals surface area contributed by atoms with Gasteiger partial charge in [0.25, 0.3) is 0 Å². The molecule has 0 amide bonds. The second kappa shape index (κ2) is 4.80. The molecule has 90 valence electrons. The molecule has 1 atom stereocenters. The summed E-state index contributed by atoms with van der Waals surface area (Å²) in [5.41, 5.74) is 0.917. The molecule has 3 nitrogen and oxygen atoms in total. The first-order chi connectivity index (χ1) is 8.42. The molecular weight excluding hydrogens is 214 g/mol. The minimum absolute atomic E-state index is 0.342. The second-order valence-corrected chi connectivity index (χ2v) is 4.54. The highest BCUT2D eigenvalue weighted by Gasteiger charge is 2.13. The average molecular weight is 231 g/mol. The van der Waals surface area contributed by atoms with Crippen molar-refractivity contribution in [3.63, 3.8) is 0 Å². The fourth-order valence-corrected chi connectivity index (χ4v) is 2.32. The Morgan fingerprint density at radius 1 is 1.18 bits per heavy atom. The Kier molecular flexibility index (Phi) is 3.01. The van der Waals surface area contributed by atoms with Crippen molar-refractivity contribution in [3.05, 3.63) is 30.5 Å². The first-order valence-corrected chi connectivity index (χ1v) is 6.26. The van der Waals surface area contributed by atoms with Gasteiger partial charge in [0.15, 0.2) is 0 Å². The first kappa shape index (κ1) is 10.7. The Bertz CT molecular complexity index is 484. The Balaban J connectivity index is 1.74. The van der Waals surface area contributed by atoms with Crippen molar-refractivity contribution >= 4 is 11.0 Å². The Morgan fingerprint density at radius 3 is 3.18 bits per heavy atom. The van der Waals surface area contributed by atoms with Crippen molar-refractivity contribution in [1.82, 2.24) is 5.32 Å². The molecule has 17 heavy (non-hydrogen) atoms. The number of nitrogens with one attached hydrogen (secondary N) is 1. The van der Waals surface area contributed by atoms with Crippen LogP contribution in [0, 0.1) is 0 Å². The van der Waals surface area contributed by atoms with Crippen molar-refractivity contribution < 1.29 is 9.15 Å². The third-order valence-electron chi connectivity index (χ3n) is 3.25. The molecule has 3 rings (SSSR count). The van der Waals surface area contributed by atoms with E-state index in [0.29, 0.717) is 6.10 Å². The molecule has 1 aromatic heterocycles. The van der Waals surface area contributed by atoms with E-state index >= 15 is 0 Å². The van der Waals surface area contributed by atoms with Crippen LogP contribution in [-0.2, 0) is 0 Å². The van der Waals surface area contributed by atoms with Crippen LogP contribution in [0.3, 0.4) is 0 Å². The minimum atomic E-state index is 0.342. The fourth-order valence-electron chi connectivity index (χ4n) is 2.32. The Labute approximate surface area is 101 Å². The highest BCUT2D eigenvalue weighted by Crippen LogP contribution is 2.24. The second-order valence-electron chi connectivity index (χ2n) is 4.54. The summed E-state index contributed by atoms with van der Waals surface area (Å²) < 4.78 is 11.3. The summed E-state index contributed by atoms with van der Waals surface area (Å²) in [6.07, 6.45) is 5.47. The van der Waals surface area contributed by atoms with Crippen LogP contribution in [0.15, 0.2) is 34.9 Å². The number of furan rings is 1. The SMILES string of the molecule is c1cc2cc(OC3CCCNCC3)ccc2o1. The van der Waals surface area contributed by atoms with Gasteiger partial charge in [-0.1, -0.05) is 0 Å². The molecule has 1 aliphatic heterocycles. The molecule has 1 unspecified atom stereocenters. The van der Waals surface area contributed by atoms with Gasteiger partial charge in [0.05, 0.1) is 12.4 Å². The lowest BCUT2D eigenvalue weighted by atomic mass is 10.1. The standard InChI is InChI=1S/C14H17NO2/c1-2-12(5-8-15-7-1)17-13-3-4-14-11(10-13)6-9-16-14/h3-4,6,9-10,12,15H,1-2,5,7-8H2. The summed E-state index contributed by atoms with van der Waals surface area (Å²) in [5, 5.41) is 4.50. The van der Waals surface area contributed by atoms with Crippen molar-refractivity contribution in [3.8, 4) is 5.75 Å². The molecular formula is C14H17NO2. The Hall–Kier alpha value is -1.48. The number of ether oxygens (including phenoxy) is 1. The van der Waals surface area contributed by atoms with Crippen LogP contribution in [0.5, 0.6) is 5.75 Å². The summed E-state index contributed by atoms with van der Waals surface area (Å²) in [6, 6.07) is 7.98. The van der Waals surface area contributed by atoms with E-state index in [1.54, 1.807) is 6.26 Å². The van der Waals surface area contributed by atoms with Crippen LogP contribution in [0.1, 0.15) is 19.3 Å². The molecule has 1 aromatic carbocycles. The molecule has 1 saturated heterocycles. The van der Waals surface area contributed by atoms with Gasteiger partial charge in [-0.3, -0.25) is 0 Å². The fraction of sp³-hybridized carbons (Fsp3) is 0.429. The van der Waals surface area contributed by atoms with Crippen LogP contribution in [0.25, 0.3) is 11.0 Å². The summed E-state index contributed by atoms with van der Waals surface area (Å²) in [5.74, 6) is 0.950. The smallest absolute Gasteiger partial charge is 0.134 e. The van der Waals surface area contributed by atoms with Crippen LogP contribution in [0.4, 0.5) is 0 Å². The third-order valence-corrected chi connectivity index (χ3v) is 3.25. The molecule has 0 saturated carbocycles. The van der Waals surface area contributed by atoms with Crippen molar-refractivity contribution in [2.24, 2.45) is 0 Å². The van der Waals surface area contributed by atoms with Crippen LogP contribution >= 0.6 is 0 Å². The molecule has 2 aromatic rings. The van der Waals surface area contributed by atoms with Gasteiger partial charge in [-0.05, 0) is 56.6 Å². The van der Waals surface area contributed by atoms with Gasteiger partial charge in [0.1, 0.15) is 11.3 Å². The molecule has 1 fully saturated rings. The number of fused-ring (bicyclic) bond motifs is 1. The number of benzene rings is 1. The zero-order chi connectivity index (χ0) is 11.5. The van der Waals surface area contributed by atoms with E-state index in [-0.39, 0.29) is 0 Å². The Morgan fingerprint density at radius 2 is 2.18 bits per heavy atom. The van der Waals surface area contributed by atoms with E-state index in [1.807, 2.05) is 18.2 Å². The average Bonchev–Trinajstić information content (AvgIpc) is 2.65. The number of rotatable bonds is 2. The summed E-state index contributed by atoms with van der Waals surface area (Å²) in [7, 11) is 0. The highest BCUT2D eigenvalue weighted by molar-refractivity contribution is 5.78. The van der Waals surface area contributed by atoms with E-state index in [9.17, 15) is 0 Å². The minimum Gasteiger partial charge on any atom is -0.490 e. The van der Waals surface area contributed by atoms with Gasteiger partial charge < -0.3 is 14.5 Å². The molecule has 2 heterocycles. The molecule has 0 radical (unpaired) electrons. The molecule has 0 aliphatic carbocycles. The van der Waals surface area contributed by atoms with Gasteiger partial charge in [-0.15, -0.1) is 0 Å². The van der Waals surface area contributed by atoms with Gasteiger partial charge in [-0.2, -0.15) is 0 Å². The maximum absolute atomic E-state index is 6.03. The van der Waals surface area contributed by atoms with Gasteiger partial charge in [0.2, 0.25) is 0 Å². The van der Waals surface area contributed by atoms with Crippen molar-refractivity contribution in [1.29, 1.82) is 0 Å². The predicted molar refractivity (Wildman–Crippen MR) is 67.4 cm³/mol. The maximum atomic E-state index is 6.03. The summed E-state index contributed by atoms with van der Waals surface area (Å²) in [6.45, 7) is 2.17. The van der Waals surface area contributed by atoms with Crippen molar-refractivity contribution in [2.45, 2.75) is 25.4 Å². The summed E-state index contributed by atoms with van der Waals surface area (Å²) >= 11 is 0. The zero-order valence-electron chi connectivity index (χ0n) is 9.82. The number of hydrogen-bond donors (Lipinski definition) is 1.